The zero-order chi connectivity index (χ0) is 14.9. The van der Waals surface area contributed by atoms with Crippen LogP contribution < -0.4 is 5.73 Å². The number of hydrogen-bond donors (Lipinski definition) is 1. The lowest BCUT2D eigenvalue weighted by molar-refractivity contribution is -0.125. The van der Waals surface area contributed by atoms with Crippen molar-refractivity contribution in [3.8, 4) is 0 Å². The molecule has 0 aliphatic heterocycles. The van der Waals surface area contributed by atoms with Crippen LogP contribution in [0.25, 0.3) is 0 Å². The Hall–Kier alpha value is -2.00. The molecule has 1 aromatic carbocycles. The first-order chi connectivity index (χ1) is 10.1. The van der Waals surface area contributed by atoms with E-state index in [9.17, 15) is 4.79 Å². The van der Waals surface area contributed by atoms with Crippen LogP contribution in [-0.4, -0.2) is 10.8 Å². The van der Waals surface area contributed by atoms with E-state index in [2.05, 4.69) is 11.1 Å². The fourth-order valence-electron chi connectivity index (χ4n) is 3.15. The van der Waals surface area contributed by atoms with Crippen molar-refractivity contribution in [3.05, 3.63) is 65.5 Å². The van der Waals surface area contributed by atoms with Crippen LogP contribution in [0.1, 0.15) is 42.5 Å². The minimum Gasteiger partial charge on any atom is -0.315 e. The van der Waals surface area contributed by atoms with E-state index in [1.165, 1.54) is 5.56 Å². The Kier molecular flexibility index (Phi) is 3.60. The molecule has 2 atom stereocenters. The van der Waals surface area contributed by atoms with E-state index in [-0.39, 0.29) is 11.7 Å². The Labute approximate surface area is 125 Å². The van der Waals surface area contributed by atoms with Crippen LogP contribution in [0.15, 0.2) is 48.7 Å². The van der Waals surface area contributed by atoms with E-state index in [0.29, 0.717) is 0 Å². The number of carbonyl (C=O) groups is 1. The number of ketones is 1. The second-order valence-corrected chi connectivity index (χ2v) is 5.93. The van der Waals surface area contributed by atoms with E-state index in [1.54, 1.807) is 6.20 Å². The van der Waals surface area contributed by atoms with Crippen LogP contribution in [-0.2, 0) is 16.8 Å². The number of pyridine rings is 1. The van der Waals surface area contributed by atoms with Crippen LogP contribution in [0.4, 0.5) is 0 Å². The molecule has 2 aromatic rings. The second kappa shape index (κ2) is 5.41. The number of benzene rings is 1. The summed E-state index contributed by atoms with van der Waals surface area (Å²) in [7, 11) is 0. The maximum Gasteiger partial charge on any atom is 0.165 e. The van der Waals surface area contributed by atoms with Crippen molar-refractivity contribution in [1.82, 2.24) is 4.98 Å². The normalized spacial score (nSPS) is 20.4. The quantitative estimate of drug-likeness (QED) is 0.940. The predicted octanol–water partition coefficient (Wildman–Crippen LogP) is 2.94. The maximum atomic E-state index is 13.0. The van der Waals surface area contributed by atoms with Gasteiger partial charge in [0.15, 0.2) is 5.78 Å². The number of carbonyl (C=O) groups excluding carboxylic acids is 1. The number of aryl methyl sites for hydroxylation is 1. The molecule has 0 bridgehead atoms. The summed E-state index contributed by atoms with van der Waals surface area (Å²) in [6, 6.07) is 13.6. The molecule has 0 amide bonds. The molecular weight excluding hydrogens is 260 g/mol. The lowest BCUT2D eigenvalue weighted by Gasteiger charge is -2.31. The van der Waals surface area contributed by atoms with Gasteiger partial charge in [-0.2, -0.15) is 0 Å². The topological polar surface area (TPSA) is 56.0 Å². The molecule has 108 valence electrons. The zero-order valence-electron chi connectivity index (χ0n) is 12.3. The van der Waals surface area contributed by atoms with E-state index >= 15 is 0 Å². The molecular formula is C18H20N2O. The highest BCUT2D eigenvalue weighted by Gasteiger charge is 2.38. The van der Waals surface area contributed by atoms with Gasteiger partial charge < -0.3 is 5.73 Å². The molecule has 1 aliphatic rings. The largest absolute Gasteiger partial charge is 0.315 e. The molecule has 0 saturated heterocycles. The first-order valence-electron chi connectivity index (χ1n) is 7.43. The minimum absolute atomic E-state index is 0.0633. The van der Waals surface area contributed by atoms with Gasteiger partial charge in [-0.3, -0.25) is 9.78 Å². The third-order valence-corrected chi connectivity index (χ3v) is 4.40. The van der Waals surface area contributed by atoms with Crippen molar-refractivity contribution in [2.45, 2.75) is 37.6 Å². The van der Waals surface area contributed by atoms with Crippen LogP contribution in [0, 0.1) is 0 Å². The summed E-state index contributed by atoms with van der Waals surface area (Å²) in [5.41, 5.74) is 8.38. The summed E-state index contributed by atoms with van der Waals surface area (Å²) in [6.07, 6.45) is 4.61. The predicted molar refractivity (Wildman–Crippen MR) is 82.9 cm³/mol. The number of Topliss-reactive ketones (excluding diaryl/α,β-unsaturated/α-hetero) is 1. The molecule has 2 N–H and O–H groups in total. The SMILES string of the molecule is CC(N)(C(=O)C1CCCc2cccnc21)c1ccccc1. The fraction of sp³-hybridized carbons (Fsp3) is 0.333. The highest BCUT2D eigenvalue weighted by atomic mass is 16.1. The second-order valence-electron chi connectivity index (χ2n) is 5.93. The standard InChI is InChI=1S/C18H20N2O/c1-18(19,14-9-3-2-4-10-14)17(21)15-11-5-7-13-8-6-12-20-16(13)15/h2-4,6,8-10,12,15H,5,7,11,19H2,1H3. The lowest BCUT2D eigenvalue weighted by Crippen LogP contribution is -2.45. The molecule has 2 unspecified atom stereocenters. The average Bonchev–Trinajstić information content (AvgIpc) is 2.54. The van der Waals surface area contributed by atoms with Crippen molar-refractivity contribution < 1.29 is 4.79 Å². The first kappa shape index (κ1) is 14.0. The van der Waals surface area contributed by atoms with Crippen LogP contribution in [0.3, 0.4) is 0 Å². The third kappa shape index (κ3) is 2.49. The van der Waals surface area contributed by atoms with Crippen molar-refractivity contribution in [3.63, 3.8) is 0 Å². The van der Waals surface area contributed by atoms with Gasteiger partial charge in [0, 0.05) is 6.20 Å². The molecule has 3 heteroatoms. The lowest BCUT2D eigenvalue weighted by atomic mass is 9.75. The van der Waals surface area contributed by atoms with Gasteiger partial charge in [0.2, 0.25) is 0 Å². The molecule has 1 aliphatic carbocycles. The number of nitrogens with two attached hydrogens (primary N) is 1. The Bertz CT molecular complexity index is 649. The van der Waals surface area contributed by atoms with Gasteiger partial charge >= 0.3 is 0 Å². The number of aromatic nitrogens is 1. The number of hydrogen-bond acceptors (Lipinski definition) is 3. The maximum absolute atomic E-state index is 13.0. The van der Waals surface area contributed by atoms with Crippen LogP contribution in [0.5, 0.6) is 0 Å². The monoisotopic (exact) mass is 280 g/mol. The molecule has 3 nitrogen and oxygen atoms in total. The highest BCUT2D eigenvalue weighted by molar-refractivity contribution is 5.94. The molecule has 0 saturated carbocycles. The summed E-state index contributed by atoms with van der Waals surface area (Å²) < 4.78 is 0. The third-order valence-electron chi connectivity index (χ3n) is 4.40. The Morgan fingerprint density at radius 3 is 2.76 bits per heavy atom. The van der Waals surface area contributed by atoms with Gasteiger partial charge in [-0.25, -0.2) is 0 Å². The molecule has 0 radical (unpaired) electrons. The molecule has 1 heterocycles. The summed E-state index contributed by atoms with van der Waals surface area (Å²) in [5, 5.41) is 0. The van der Waals surface area contributed by atoms with E-state index in [0.717, 1.165) is 30.5 Å². The van der Waals surface area contributed by atoms with Crippen LogP contribution >= 0.6 is 0 Å². The number of fused-ring (bicyclic) bond motifs is 1. The summed E-state index contributed by atoms with van der Waals surface area (Å²) in [6.45, 7) is 1.81. The van der Waals surface area contributed by atoms with Crippen molar-refractivity contribution >= 4 is 5.78 Å². The van der Waals surface area contributed by atoms with Crippen molar-refractivity contribution in [2.24, 2.45) is 5.73 Å². The average molecular weight is 280 g/mol. The van der Waals surface area contributed by atoms with Gasteiger partial charge in [-0.1, -0.05) is 36.4 Å². The van der Waals surface area contributed by atoms with Gasteiger partial charge in [0.1, 0.15) is 0 Å². The Morgan fingerprint density at radius 1 is 1.24 bits per heavy atom. The summed E-state index contributed by atoms with van der Waals surface area (Å²) in [5.74, 6) is -0.126. The molecule has 0 spiro atoms. The van der Waals surface area contributed by atoms with Crippen LogP contribution in [0.2, 0.25) is 0 Å². The van der Waals surface area contributed by atoms with Crippen molar-refractivity contribution in [2.75, 3.05) is 0 Å². The molecule has 1 aromatic heterocycles. The van der Waals surface area contributed by atoms with Gasteiger partial charge in [-0.05, 0) is 43.4 Å². The Balaban J connectivity index is 1.96. The fourth-order valence-corrected chi connectivity index (χ4v) is 3.15. The number of nitrogens with zero attached hydrogens (tertiary/aromatic N) is 1. The minimum atomic E-state index is -0.974. The van der Waals surface area contributed by atoms with Crippen molar-refractivity contribution in [1.29, 1.82) is 0 Å². The summed E-state index contributed by atoms with van der Waals surface area (Å²) >= 11 is 0. The molecule has 0 fully saturated rings. The Morgan fingerprint density at radius 2 is 2.00 bits per heavy atom. The van der Waals surface area contributed by atoms with Gasteiger partial charge in [0.25, 0.3) is 0 Å². The highest BCUT2D eigenvalue weighted by Crippen LogP contribution is 2.35. The smallest absolute Gasteiger partial charge is 0.165 e. The van der Waals surface area contributed by atoms with Gasteiger partial charge in [-0.15, -0.1) is 0 Å². The zero-order valence-corrected chi connectivity index (χ0v) is 12.3. The summed E-state index contributed by atoms with van der Waals surface area (Å²) in [4.78, 5) is 17.5. The van der Waals surface area contributed by atoms with E-state index in [4.69, 9.17) is 5.73 Å². The van der Waals surface area contributed by atoms with Gasteiger partial charge in [0.05, 0.1) is 17.2 Å². The van der Waals surface area contributed by atoms with E-state index in [1.807, 2.05) is 43.3 Å². The number of rotatable bonds is 3. The molecule has 3 rings (SSSR count). The molecule has 21 heavy (non-hydrogen) atoms. The first-order valence-corrected chi connectivity index (χ1v) is 7.43. The van der Waals surface area contributed by atoms with E-state index < -0.39 is 5.54 Å².